The van der Waals surface area contributed by atoms with E-state index < -0.39 is 0 Å². The Morgan fingerprint density at radius 1 is 0.957 bits per heavy atom. The lowest BCUT2D eigenvalue weighted by atomic mass is 10.0. The van der Waals surface area contributed by atoms with Crippen LogP contribution in [0.1, 0.15) is 42.0 Å². The fourth-order valence-corrected chi connectivity index (χ4v) is 4.07. The van der Waals surface area contributed by atoms with Gasteiger partial charge in [0, 0.05) is 39.8 Å². The Kier molecular flexibility index (Phi) is 2.58. The van der Waals surface area contributed by atoms with E-state index in [9.17, 15) is 0 Å². The minimum atomic E-state index is 0.134. The van der Waals surface area contributed by atoms with Gasteiger partial charge in [-0.2, -0.15) is 0 Å². The van der Waals surface area contributed by atoms with Gasteiger partial charge in [-0.05, 0) is 50.3 Å². The zero-order chi connectivity index (χ0) is 15.6. The molecule has 2 aliphatic rings. The number of hydrogen-bond donors (Lipinski definition) is 2. The van der Waals surface area contributed by atoms with E-state index in [0.717, 1.165) is 6.04 Å². The van der Waals surface area contributed by atoms with Crippen molar-refractivity contribution in [1.29, 1.82) is 0 Å². The van der Waals surface area contributed by atoms with Crippen LogP contribution in [0.3, 0.4) is 0 Å². The molecular weight excluding hydrogens is 282 g/mol. The van der Waals surface area contributed by atoms with Crippen molar-refractivity contribution in [3.05, 3.63) is 59.4 Å². The van der Waals surface area contributed by atoms with E-state index in [-0.39, 0.29) is 6.17 Å². The lowest BCUT2D eigenvalue weighted by Crippen LogP contribution is -2.24. The van der Waals surface area contributed by atoms with Gasteiger partial charge in [-0.3, -0.25) is 0 Å². The third kappa shape index (κ3) is 1.89. The Morgan fingerprint density at radius 2 is 1.61 bits per heavy atom. The van der Waals surface area contributed by atoms with Crippen LogP contribution in [0.25, 0.3) is 10.8 Å². The molecule has 0 atom stereocenters. The summed E-state index contributed by atoms with van der Waals surface area (Å²) in [6, 6.07) is 16.0. The minimum Gasteiger partial charge on any atom is -0.361 e. The molecule has 0 saturated heterocycles. The van der Waals surface area contributed by atoms with Crippen molar-refractivity contribution in [1.82, 2.24) is 4.57 Å². The largest absolute Gasteiger partial charge is 0.361 e. The van der Waals surface area contributed by atoms with Crippen molar-refractivity contribution in [2.45, 2.75) is 38.9 Å². The van der Waals surface area contributed by atoms with Gasteiger partial charge in [-0.25, -0.2) is 0 Å². The summed E-state index contributed by atoms with van der Waals surface area (Å²) in [4.78, 5) is 0. The molecule has 0 radical (unpaired) electrons. The highest BCUT2D eigenvalue weighted by atomic mass is 15.2. The number of aromatic nitrogens is 1. The van der Waals surface area contributed by atoms with Gasteiger partial charge in [-0.15, -0.1) is 0 Å². The standard InChI is InChI=1S/C20H21N3/c1-12-11-16(13(2)23(12)15-9-10-15)20-21-17-7-3-5-14-6-4-8-18(22-20)19(14)17/h3-8,11,15,20-22H,9-10H2,1-2H3. The average Bonchev–Trinajstić information content (AvgIpc) is 3.33. The highest BCUT2D eigenvalue weighted by Crippen LogP contribution is 2.42. The first kappa shape index (κ1) is 13.1. The molecule has 2 N–H and O–H groups in total. The molecule has 0 amide bonds. The maximum absolute atomic E-state index is 3.69. The second-order valence-electron chi connectivity index (χ2n) is 6.86. The summed E-state index contributed by atoms with van der Waals surface area (Å²) < 4.78 is 2.51. The zero-order valence-electron chi connectivity index (χ0n) is 13.6. The molecule has 1 aliphatic heterocycles. The van der Waals surface area contributed by atoms with Gasteiger partial charge in [0.15, 0.2) is 0 Å². The maximum Gasteiger partial charge on any atom is 0.125 e. The summed E-state index contributed by atoms with van der Waals surface area (Å²) in [6.07, 6.45) is 2.78. The SMILES string of the molecule is Cc1cc(C2Nc3cccc4cccc(c34)N2)c(C)n1C1CC1. The summed E-state index contributed by atoms with van der Waals surface area (Å²) in [7, 11) is 0. The Bertz CT molecular complexity index is 877. The minimum absolute atomic E-state index is 0.134. The van der Waals surface area contributed by atoms with Crippen LogP contribution in [0.5, 0.6) is 0 Å². The summed E-state index contributed by atoms with van der Waals surface area (Å²) in [6.45, 7) is 4.48. The molecule has 1 saturated carbocycles. The fourth-order valence-electron chi connectivity index (χ4n) is 4.07. The maximum atomic E-state index is 3.69. The molecule has 2 aromatic carbocycles. The molecular formula is C20H21N3. The molecule has 116 valence electrons. The molecule has 1 aliphatic carbocycles. The molecule has 3 aromatic rings. The van der Waals surface area contributed by atoms with Gasteiger partial charge in [0.05, 0.1) is 0 Å². The lowest BCUT2D eigenvalue weighted by molar-refractivity contribution is 0.692. The van der Waals surface area contributed by atoms with Crippen molar-refractivity contribution >= 4 is 22.1 Å². The summed E-state index contributed by atoms with van der Waals surface area (Å²) >= 11 is 0. The van der Waals surface area contributed by atoms with Crippen LogP contribution >= 0.6 is 0 Å². The second kappa shape index (κ2) is 4.54. The Morgan fingerprint density at radius 3 is 2.22 bits per heavy atom. The predicted octanol–water partition coefficient (Wildman–Crippen LogP) is 5.13. The van der Waals surface area contributed by atoms with Crippen LogP contribution in [-0.4, -0.2) is 4.57 Å². The Balaban J connectivity index is 1.61. The highest BCUT2D eigenvalue weighted by molar-refractivity contribution is 6.04. The van der Waals surface area contributed by atoms with Gasteiger partial charge in [-0.1, -0.05) is 24.3 Å². The van der Waals surface area contributed by atoms with Crippen LogP contribution in [0.4, 0.5) is 11.4 Å². The molecule has 5 rings (SSSR count). The first-order valence-electron chi connectivity index (χ1n) is 8.45. The number of nitrogens with one attached hydrogen (secondary N) is 2. The van der Waals surface area contributed by atoms with Crippen molar-refractivity contribution in [2.75, 3.05) is 10.6 Å². The first-order chi connectivity index (χ1) is 11.2. The molecule has 0 spiro atoms. The summed E-state index contributed by atoms with van der Waals surface area (Å²) in [5.74, 6) is 0. The third-order valence-corrected chi connectivity index (χ3v) is 5.25. The van der Waals surface area contributed by atoms with Crippen molar-refractivity contribution in [2.24, 2.45) is 0 Å². The second-order valence-corrected chi connectivity index (χ2v) is 6.86. The number of hydrogen-bond acceptors (Lipinski definition) is 2. The van der Waals surface area contributed by atoms with Gasteiger partial charge >= 0.3 is 0 Å². The summed E-state index contributed by atoms with van der Waals surface area (Å²) in [5, 5.41) is 9.96. The number of nitrogens with zero attached hydrogens (tertiary/aromatic N) is 1. The highest BCUT2D eigenvalue weighted by Gasteiger charge is 2.30. The Hall–Kier alpha value is -2.42. The van der Waals surface area contributed by atoms with E-state index in [0.29, 0.717) is 0 Å². The van der Waals surface area contributed by atoms with Crippen LogP contribution in [0.15, 0.2) is 42.5 Å². The molecule has 3 heteroatoms. The van der Waals surface area contributed by atoms with Gasteiger partial charge < -0.3 is 15.2 Å². The molecule has 0 bridgehead atoms. The van der Waals surface area contributed by atoms with Crippen LogP contribution in [0.2, 0.25) is 0 Å². The predicted molar refractivity (Wildman–Crippen MR) is 96.1 cm³/mol. The van der Waals surface area contributed by atoms with E-state index in [2.05, 4.69) is 71.5 Å². The average molecular weight is 303 g/mol. The van der Waals surface area contributed by atoms with Crippen molar-refractivity contribution < 1.29 is 0 Å². The number of anilines is 2. The normalized spacial score (nSPS) is 17.1. The van der Waals surface area contributed by atoms with Crippen molar-refractivity contribution in [3.8, 4) is 0 Å². The van der Waals surface area contributed by atoms with Crippen LogP contribution < -0.4 is 10.6 Å². The molecule has 23 heavy (non-hydrogen) atoms. The van der Waals surface area contributed by atoms with Crippen LogP contribution in [-0.2, 0) is 0 Å². The summed E-state index contributed by atoms with van der Waals surface area (Å²) in [5.41, 5.74) is 6.57. The number of rotatable bonds is 2. The van der Waals surface area contributed by atoms with E-state index >= 15 is 0 Å². The topological polar surface area (TPSA) is 29.0 Å². The first-order valence-corrected chi connectivity index (χ1v) is 8.45. The fraction of sp³-hybridized carbons (Fsp3) is 0.300. The van der Waals surface area contributed by atoms with Crippen LogP contribution in [0, 0.1) is 13.8 Å². The van der Waals surface area contributed by atoms with E-state index in [1.165, 1.54) is 51.9 Å². The third-order valence-electron chi connectivity index (χ3n) is 5.25. The van der Waals surface area contributed by atoms with Crippen molar-refractivity contribution in [3.63, 3.8) is 0 Å². The van der Waals surface area contributed by atoms with Gasteiger partial charge in [0.1, 0.15) is 6.17 Å². The van der Waals surface area contributed by atoms with Gasteiger partial charge in [0.25, 0.3) is 0 Å². The van der Waals surface area contributed by atoms with E-state index in [4.69, 9.17) is 0 Å². The smallest absolute Gasteiger partial charge is 0.125 e. The van der Waals surface area contributed by atoms with E-state index in [1.54, 1.807) is 0 Å². The zero-order valence-corrected chi connectivity index (χ0v) is 13.6. The molecule has 0 unspecified atom stereocenters. The molecule has 1 aromatic heterocycles. The monoisotopic (exact) mass is 303 g/mol. The number of benzene rings is 2. The number of aryl methyl sites for hydroxylation is 1. The Labute approximate surface area is 136 Å². The molecule has 3 nitrogen and oxygen atoms in total. The molecule has 2 heterocycles. The lowest BCUT2D eigenvalue weighted by Gasteiger charge is -2.29. The molecule has 1 fully saturated rings. The van der Waals surface area contributed by atoms with Gasteiger partial charge in [0.2, 0.25) is 0 Å². The quantitative estimate of drug-likeness (QED) is 0.687. The van der Waals surface area contributed by atoms with E-state index in [1.807, 2.05) is 0 Å².